The highest BCUT2D eigenvalue weighted by molar-refractivity contribution is 7.99. The molecule has 1 amide bonds. The predicted molar refractivity (Wildman–Crippen MR) is 114 cm³/mol. The number of thioether (sulfide) groups is 1. The van der Waals surface area contributed by atoms with Crippen molar-refractivity contribution in [1.82, 2.24) is 9.88 Å². The summed E-state index contributed by atoms with van der Waals surface area (Å²) < 4.78 is 0. The van der Waals surface area contributed by atoms with E-state index in [0.717, 1.165) is 21.5 Å². The molecule has 4 heteroatoms. The van der Waals surface area contributed by atoms with Crippen molar-refractivity contribution in [3.05, 3.63) is 71.8 Å². The third-order valence-electron chi connectivity index (χ3n) is 4.54. The predicted octanol–water partition coefficient (Wildman–Crippen LogP) is 5.46. The zero-order valence-corrected chi connectivity index (χ0v) is 17.2. The summed E-state index contributed by atoms with van der Waals surface area (Å²) in [6.45, 7) is 8.95. The normalized spacial score (nSPS) is 11.6. The van der Waals surface area contributed by atoms with E-state index < -0.39 is 0 Å². The van der Waals surface area contributed by atoms with E-state index in [1.54, 1.807) is 0 Å². The van der Waals surface area contributed by atoms with Gasteiger partial charge in [-0.05, 0) is 51.0 Å². The molecule has 0 saturated carbocycles. The Morgan fingerprint density at radius 3 is 2.41 bits per heavy atom. The number of aromatic nitrogens is 1. The second-order valence-corrected chi connectivity index (χ2v) is 8.72. The molecule has 0 unspecified atom stereocenters. The van der Waals surface area contributed by atoms with Crippen LogP contribution in [0, 0.1) is 6.92 Å². The van der Waals surface area contributed by atoms with E-state index in [0.29, 0.717) is 12.3 Å². The van der Waals surface area contributed by atoms with Crippen molar-refractivity contribution in [2.45, 2.75) is 44.8 Å². The molecule has 0 spiro atoms. The van der Waals surface area contributed by atoms with Gasteiger partial charge in [0.25, 0.3) is 0 Å². The van der Waals surface area contributed by atoms with Crippen LogP contribution in [0.3, 0.4) is 0 Å². The fourth-order valence-electron chi connectivity index (χ4n) is 3.07. The minimum Gasteiger partial charge on any atom is -0.333 e. The molecule has 0 atom stereocenters. The topological polar surface area (TPSA) is 33.2 Å². The van der Waals surface area contributed by atoms with Gasteiger partial charge in [-0.25, -0.2) is 4.98 Å². The van der Waals surface area contributed by atoms with E-state index in [2.05, 4.69) is 52.0 Å². The van der Waals surface area contributed by atoms with E-state index in [1.807, 2.05) is 41.3 Å². The molecule has 0 aliphatic carbocycles. The lowest BCUT2D eigenvalue weighted by atomic mass is 10.0. The highest BCUT2D eigenvalue weighted by Gasteiger charge is 2.26. The molecule has 0 saturated heterocycles. The number of amides is 1. The van der Waals surface area contributed by atoms with Gasteiger partial charge in [0.1, 0.15) is 0 Å². The van der Waals surface area contributed by atoms with Crippen LogP contribution in [0.2, 0.25) is 0 Å². The Bertz CT molecular complexity index is 932. The van der Waals surface area contributed by atoms with Gasteiger partial charge in [-0.1, -0.05) is 60.3 Å². The monoisotopic (exact) mass is 378 g/mol. The lowest BCUT2D eigenvalue weighted by molar-refractivity contribution is -0.133. The summed E-state index contributed by atoms with van der Waals surface area (Å²) in [7, 11) is 0. The minimum atomic E-state index is -0.236. The van der Waals surface area contributed by atoms with Crippen molar-refractivity contribution < 1.29 is 4.79 Å². The first kappa shape index (κ1) is 19.4. The molecule has 1 aromatic heterocycles. The van der Waals surface area contributed by atoms with Crippen LogP contribution in [0.25, 0.3) is 10.9 Å². The maximum atomic E-state index is 13.0. The number of nitrogens with zero attached hydrogens (tertiary/aromatic N) is 2. The minimum absolute atomic E-state index is 0.129. The number of hydrogen-bond acceptors (Lipinski definition) is 3. The van der Waals surface area contributed by atoms with Crippen LogP contribution in [-0.2, 0) is 11.3 Å². The molecule has 0 fully saturated rings. The van der Waals surface area contributed by atoms with Crippen LogP contribution in [-0.4, -0.2) is 27.1 Å². The van der Waals surface area contributed by atoms with Crippen LogP contribution in [0.5, 0.6) is 0 Å². The molecule has 2 aromatic carbocycles. The number of benzene rings is 2. The Morgan fingerprint density at radius 1 is 1.04 bits per heavy atom. The quantitative estimate of drug-likeness (QED) is 0.553. The van der Waals surface area contributed by atoms with Crippen LogP contribution < -0.4 is 0 Å². The average Bonchev–Trinajstić information content (AvgIpc) is 2.64. The first-order valence-electron chi connectivity index (χ1n) is 9.18. The number of rotatable bonds is 5. The van der Waals surface area contributed by atoms with E-state index >= 15 is 0 Å². The van der Waals surface area contributed by atoms with Gasteiger partial charge < -0.3 is 4.90 Å². The van der Waals surface area contributed by atoms with Gasteiger partial charge >= 0.3 is 0 Å². The van der Waals surface area contributed by atoms with Crippen molar-refractivity contribution in [1.29, 1.82) is 0 Å². The maximum absolute atomic E-state index is 13.0. The third kappa shape index (κ3) is 4.89. The molecular formula is C23H26N2OS. The average molecular weight is 379 g/mol. The molecule has 0 radical (unpaired) electrons. The van der Waals surface area contributed by atoms with Crippen molar-refractivity contribution in [2.24, 2.45) is 0 Å². The molecular weight excluding hydrogens is 352 g/mol. The van der Waals surface area contributed by atoms with Crippen molar-refractivity contribution in [3.8, 4) is 0 Å². The molecule has 0 aliphatic heterocycles. The Hall–Kier alpha value is -2.33. The maximum Gasteiger partial charge on any atom is 0.233 e. The summed E-state index contributed by atoms with van der Waals surface area (Å²) in [5.74, 6) is 0.512. The van der Waals surface area contributed by atoms with Gasteiger partial charge in [0, 0.05) is 17.5 Å². The molecule has 1 heterocycles. The number of para-hydroxylation sites is 1. The second kappa shape index (κ2) is 8.13. The van der Waals surface area contributed by atoms with Crippen LogP contribution in [0.15, 0.2) is 65.7 Å². The van der Waals surface area contributed by atoms with Crippen LogP contribution in [0.1, 0.15) is 31.9 Å². The highest BCUT2D eigenvalue weighted by Crippen LogP contribution is 2.25. The fourth-order valence-corrected chi connectivity index (χ4v) is 3.92. The second-order valence-electron chi connectivity index (χ2n) is 7.72. The first-order valence-corrected chi connectivity index (χ1v) is 10.2. The number of hydrogen-bond donors (Lipinski definition) is 0. The molecule has 27 heavy (non-hydrogen) atoms. The van der Waals surface area contributed by atoms with Crippen molar-refractivity contribution >= 4 is 28.6 Å². The highest BCUT2D eigenvalue weighted by atomic mass is 32.2. The first-order chi connectivity index (χ1) is 12.8. The Kier molecular flexibility index (Phi) is 5.85. The number of pyridine rings is 1. The number of fused-ring (bicyclic) bond motifs is 1. The summed E-state index contributed by atoms with van der Waals surface area (Å²) in [5, 5.41) is 2.06. The molecule has 140 valence electrons. The Morgan fingerprint density at radius 2 is 1.70 bits per heavy atom. The lowest BCUT2D eigenvalue weighted by Crippen LogP contribution is -2.45. The van der Waals surface area contributed by atoms with E-state index in [4.69, 9.17) is 4.98 Å². The smallest absolute Gasteiger partial charge is 0.233 e. The van der Waals surface area contributed by atoms with E-state index in [9.17, 15) is 4.79 Å². The Labute approximate surface area is 165 Å². The molecule has 3 nitrogen and oxygen atoms in total. The van der Waals surface area contributed by atoms with Gasteiger partial charge in [0.15, 0.2) is 0 Å². The summed E-state index contributed by atoms with van der Waals surface area (Å²) >= 11 is 1.51. The zero-order valence-electron chi connectivity index (χ0n) is 16.4. The van der Waals surface area contributed by atoms with Crippen LogP contribution >= 0.6 is 11.8 Å². The number of aryl methyl sites for hydroxylation is 1. The Balaban J connectivity index is 1.74. The molecule has 3 rings (SSSR count). The summed E-state index contributed by atoms with van der Waals surface area (Å²) in [6, 6.07) is 20.3. The zero-order chi connectivity index (χ0) is 19.4. The number of carbonyl (C=O) groups excluding carboxylic acids is 1. The van der Waals surface area contributed by atoms with Crippen LogP contribution in [0.4, 0.5) is 0 Å². The molecule has 0 aliphatic rings. The van der Waals surface area contributed by atoms with Gasteiger partial charge in [0.2, 0.25) is 5.91 Å². The SMILES string of the molecule is Cc1cc(SCC(=O)N(Cc2ccccc2)C(C)(C)C)nc2ccccc12. The summed E-state index contributed by atoms with van der Waals surface area (Å²) in [6.07, 6.45) is 0. The summed E-state index contributed by atoms with van der Waals surface area (Å²) in [4.78, 5) is 19.6. The van der Waals surface area contributed by atoms with E-state index in [1.165, 1.54) is 17.3 Å². The molecule has 3 aromatic rings. The van der Waals surface area contributed by atoms with Gasteiger partial charge in [-0.15, -0.1) is 0 Å². The van der Waals surface area contributed by atoms with Gasteiger partial charge in [-0.3, -0.25) is 4.79 Å². The van der Waals surface area contributed by atoms with E-state index in [-0.39, 0.29) is 11.4 Å². The van der Waals surface area contributed by atoms with Crippen molar-refractivity contribution in [3.63, 3.8) is 0 Å². The standard InChI is InChI=1S/C23H26N2OS/c1-17-14-21(24-20-13-9-8-12-19(17)20)27-16-22(26)25(23(2,3)4)15-18-10-6-5-7-11-18/h5-14H,15-16H2,1-4H3. The fraction of sp³-hybridized carbons (Fsp3) is 0.304. The van der Waals surface area contributed by atoms with Gasteiger partial charge in [-0.2, -0.15) is 0 Å². The summed E-state index contributed by atoms with van der Waals surface area (Å²) in [5.41, 5.74) is 3.07. The number of carbonyl (C=O) groups is 1. The van der Waals surface area contributed by atoms with Crippen molar-refractivity contribution in [2.75, 3.05) is 5.75 Å². The molecule has 0 N–H and O–H groups in total. The van der Waals surface area contributed by atoms with Gasteiger partial charge in [0.05, 0.1) is 16.3 Å². The third-order valence-corrected chi connectivity index (χ3v) is 5.43. The largest absolute Gasteiger partial charge is 0.333 e. The lowest BCUT2D eigenvalue weighted by Gasteiger charge is -2.36. The molecule has 0 bridgehead atoms.